The van der Waals surface area contributed by atoms with Crippen LogP contribution >= 0.6 is 0 Å². The van der Waals surface area contributed by atoms with E-state index in [1.54, 1.807) is 31.2 Å². The number of nitrogens with one attached hydrogen (secondary N) is 1. The molecule has 1 heterocycles. The number of hydrogen-bond acceptors (Lipinski definition) is 3. The molecule has 0 spiro atoms. The normalized spacial score (nSPS) is 22.9. The van der Waals surface area contributed by atoms with Crippen LogP contribution in [-0.4, -0.2) is 45.8 Å². The highest BCUT2D eigenvalue weighted by atomic mass is 32.2. The highest BCUT2D eigenvalue weighted by Gasteiger charge is 2.71. The van der Waals surface area contributed by atoms with E-state index in [1.807, 2.05) is 0 Å². The standard InChI is InChI=1S/C26H27F7N2O3S/c1-15-5-10-19(11-6-15)39(38)35-18(14-23(36)34-21-4-2-3-20(21)27)9-7-16-13-17(8-12-22(16)35)24(37,25(28,29)30)26(31,32)33/h5-6,8,10-13,18,20-21,37H,2-4,7,9,14H2,1H3,(H,34,36)/t18-,20?,21?,39?/m0/s1. The van der Waals surface area contributed by atoms with Crippen LogP contribution in [-0.2, 0) is 27.8 Å². The van der Waals surface area contributed by atoms with E-state index in [0.717, 1.165) is 11.6 Å². The number of anilines is 1. The van der Waals surface area contributed by atoms with Gasteiger partial charge in [0, 0.05) is 12.0 Å². The monoisotopic (exact) mass is 580 g/mol. The number of aliphatic hydroxyl groups is 1. The van der Waals surface area contributed by atoms with Gasteiger partial charge in [-0.1, -0.05) is 29.8 Å². The van der Waals surface area contributed by atoms with Gasteiger partial charge in [-0.25, -0.2) is 8.60 Å². The Labute approximate surface area is 223 Å². The zero-order valence-electron chi connectivity index (χ0n) is 20.8. The number of fused-ring (bicyclic) bond motifs is 1. The maximum Gasteiger partial charge on any atom is 0.430 e. The SMILES string of the molecule is Cc1ccc(S(=O)N2c3ccc(C(O)(C(F)(F)F)C(F)(F)F)cc3CC[C@H]2CC(=O)NC2CCCC2F)cc1. The van der Waals surface area contributed by atoms with E-state index in [2.05, 4.69) is 5.32 Å². The Morgan fingerprint density at radius 2 is 1.67 bits per heavy atom. The van der Waals surface area contributed by atoms with Gasteiger partial charge in [0.1, 0.15) is 6.17 Å². The molecule has 1 fully saturated rings. The number of hydrogen-bond donors (Lipinski definition) is 2. The van der Waals surface area contributed by atoms with Gasteiger partial charge in [0.25, 0.3) is 5.60 Å². The smallest absolute Gasteiger partial charge is 0.369 e. The summed E-state index contributed by atoms with van der Waals surface area (Å²) >= 11 is 0. The first-order valence-corrected chi connectivity index (χ1v) is 13.4. The fourth-order valence-electron chi connectivity index (χ4n) is 5.08. The molecule has 5 nitrogen and oxygen atoms in total. The third-order valence-electron chi connectivity index (χ3n) is 7.23. The molecule has 214 valence electrons. The second kappa shape index (κ2) is 10.7. The Kier molecular flexibility index (Phi) is 8.06. The Bertz CT molecular complexity index is 1220. The highest BCUT2D eigenvalue weighted by Crippen LogP contribution is 2.51. The van der Waals surface area contributed by atoms with Gasteiger partial charge in [0.2, 0.25) is 5.91 Å². The van der Waals surface area contributed by atoms with Crippen molar-refractivity contribution in [3.63, 3.8) is 0 Å². The molecular formula is C26H27F7N2O3S. The van der Waals surface area contributed by atoms with E-state index in [1.165, 1.54) is 4.31 Å². The third kappa shape index (κ3) is 5.65. The van der Waals surface area contributed by atoms with Crippen LogP contribution in [0.25, 0.3) is 0 Å². The van der Waals surface area contributed by atoms with Crippen molar-refractivity contribution in [3.8, 4) is 0 Å². The summed E-state index contributed by atoms with van der Waals surface area (Å²) in [5.74, 6) is -0.496. The molecule has 1 amide bonds. The molecule has 1 aliphatic heterocycles. The molecule has 1 saturated carbocycles. The molecular weight excluding hydrogens is 553 g/mol. The molecule has 2 aromatic rings. The highest BCUT2D eigenvalue weighted by molar-refractivity contribution is 7.86. The Morgan fingerprint density at radius 1 is 1.03 bits per heavy atom. The first kappa shape index (κ1) is 29.3. The van der Waals surface area contributed by atoms with Gasteiger partial charge in [-0.05, 0) is 62.8 Å². The number of rotatable bonds is 6. The predicted molar refractivity (Wildman–Crippen MR) is 130 cm³/mol. The van der Waals surface area contributed by atoms with Crippen molar-refractivity contribution < 1.29 is 44.8 Å². The van der Waals surface area contributed by atoms with Crippen molar-refractivity contribution in [2.75, 3.05) is 4.31 Å². The number of carbonyl (C=O) groups excluding carboxylic acids is 1. The number of carbonyl (C=O) groups is 1. The second-order valence-corrected chi connectivity index (χ2v) is 11.3. The summed E-state index contributed by atoms with van der Waals surface area (Å²) in [4.78, 5) is 13.1. The lowest BCUT2D eigenvalue weighted by Crippen LogP contribution is -2.54. The lowest BCUT2D eigenvalue weighted by molar-refractivity contribution is -0.376. The molecule has 0 radical (unpaired) electrons. The molecule has 39 heavy (non-hydrogen) atoms. The summed E-state index contributed by atoms with van der Waals surface area (Å²) in [5, 5.41) is 12.5. The minimum atomic E-state index is -6.05. The first-order valence-electron chi connectivity index (χ1n) is 12.3. The Morgan fingerprint density at radius 3 is 2.23 bits per heavy atom. The van der Waals surface area contributed by atoms with Gasteiger partial charge in [-0.3, -0.25) is 9.10 Å². The minimum Gasteiger partial charge on any atom is -0.369 e. The quantitative estimate of drug-likeness (QED) is 0.441. The van der Waals surface area contributed by atoms with Gasteiger partial charge < -0.3 is 10.4 Å². The van der Waals surface area contributed by atoms with Crippen LogP contribution in [0.15, 0.2) is 47.4 Å². The van der Waals surface area contributed by atoms with Crippen LogP contribution in [0.2, 0.25) is 0 Å². The fraction of sp³-hybridized carbons (Fsp3) is 0.500. The van der Waals surface area contributed by atoms with Gasteiger partial charge in [0.15, 0.2) is 11.0 Å². The van der Waals surface area contributed by atoms with Crippen molar-refractivity contribution in [3.05, 3.63) is 59.2 Å². The van der Waals surface area contributed by atoms with Crippen LogP contribution in [0.4, 0.5) is 36.4 Å². The number of alkyl halides is 7. The summed E-state index contributed by atoms with van der Waals surface area (Å²) in [6.07, 6.45) is -12.0. The Hall–Kier alpha value is -2.67. The van der Waals surface area contributed by atoms with Crippen LogP contribution in [0.5, 0.6) is 0 Å². The van der Waals surface area contributed by atoms with E-state index >= 15 is 0 Å². The minimum absolute atomic E-state index is 0.0103. The topological polar surface area (TPSA) is 69.6 Å². The molecule has 4 atom stereocenters. The van der Waals surface area contributed by atoms with E-state index in [4.69, 9.17) is 0 Å². The molecule has 13 heteroatoms. The molecule has 0 bridgehead atoms. The maximum absolute atomic E-state index is 14.0. The summed E-state index contributed by atoms with van der Waals surface area (Å²) in [6.45, 7) is 1.81. The van der Waals surface area contributed by atoms with Gasteiger partial charge in [-0.2, -0.15) is 26.3 Å². The molecule has 3 unspecified atom stereocenters. The molecule has 2 aromatic carbocycles. The van der Waals surface area contributed by atoms with E-state index in [9.17, 15) is 44.8 Å². The van der Waals surface area contributed by atoms with Crippen LogP contribution in [0.3, 0.4) is 0 Å². The lowest BCUT2D eigenvalue weighted by Gasteiger charge is -2.39. The average Bonchev–Trinajstić information content (AvgIpc) is 3.25. The molecule has 0 saturated heterocycles. The fourth-order valence-corrected chi connectivity index (χ4v) is 6.49. The van der Waals surface area contributed by atoms with Crippen LogP contribution in [0.1, 0.15) is 48.8 Å². The van der Waals surface area contributed by atoms with E-state index in [-0.39, 0.29) is 30.5 Å². The van der Waals surface area contributed by atoms with Gasteiger partial charge >= 0.3 is 12.4 Å². The van der Waals surface area contributed by atoms with Crippen molar-refractivity contribution >= 4 is 22.6 Å². The lowest BCUT2D eigenvalue weighted by atomic mass is 9.87. The maximum atomic E-state index is 14.0. The number of aryl methyl sites for hydroxylation is 2. The van der Waals surface area contributed by atoms with Crippen molar-refractivity contribution in [1.82, 2.24) is 5.32 Å². The van der Waals surface area contributed by atoms with Gasteiger partial charge in [0.05, 0.1) is 22.7 Å². The number of benzene rings is 2. The van der Waals surface area contributed by atoms with E-state index < -0.39 is 58.7 Å². The Balaban J connectivity index is 1.71. The number of halogens is 7. The zero-order chi connectivity index (χ0) is 28.8. The second-order valence-electron chi connectivity index (χ2n) is 9.95. The molecule has 1 aliphatic carbocycles. The summed E-state index contributed by atoms with van der Waals surface area (Å²) in [7, 11) is -1.99. The largest absolute Gasteiger partial charge is 0.430 e. The summed E-state index contributed by atoms with van der Waals surface area (Å²) in [5.41, 5.74) is -5.55. The van der Waals surface area contributed by atoms with Gasteiger partial charge in [-0.15, -0.1) is 0 Å². The first-order chi connectivity index (χ1) is 18.1. The van der Waals surface area contributed by atoms with Crippen LogP contribution < -0.4 is 9.62 Å². The summed E-state index contributed by atoms with van der Waals surface area (Å²) in [6, 6.07) is 7.23. The molecule has 2 aliphatic rings. The zero-order valence-corrected chi connectivity index (χ0v) is 21.6. The van der Waals surface area contributed by atoms with Crippen LogP contribution in [0, 0.1) is 6.92 Å². The summed E-state index contributed by atoms with van der Waals surface area (Å²) < 4.78 is 110. The van der Waals surface area contributed by atoms with Crippen molar-refractivity contribution in [2.45, 2.75) is 86.6 Å². The number of amides is 1. The average molecular weight is 581 g/mol. The molecule has 4 rings (SSSR count). The third-order valence-corrected chi connectivity index (χ3v) is 8.76. The number of nitrogens with zero attached hydrogens (tertiary/aromatic N) is 1. The van der Waals surface area contributed by atoms with Crippen molar-refractivity contribution in [1.29, 1.82) is 0 Å². The molecule has 2 N–H and O–H groups in total. The van der Waals surface area contributed by atoms with Crippen molar-refractivity contribution in [2.24, 2.45) is 0 Å². The van der Waals surface area contributed by atoms with E-state index in [0.29, 0.717) is 36.3 Å². The molecule has 0 aromatic heterocycles. The predicted octanol–water partition coefficient (Wildman–Crippen LogP) is 5.55.